The molecule has 0 saturated carbocycles. The minimum Gasteiger partial charge on any atom is -0.348 e. The number of carbonyl (C=O) groups excluding carboxylic acids is 2. The van der Waals surface area contributed by atoms with E-state index in [1.165, 1.54) is 16.4 Å². The van der Waals surface area contributed by atoms with Gasteiger partial charge in [-0.3, -0.25) is 19.1 Å². The second-order valence-corrected chi connectivity index (χ2v) is 9.73. The fourth-order valence-electron chi connectivity index (χ4n) is 3.31. The van der Waals surface area contributed by atoms with Gasteiger partial charge in [-0.25, -0.2) is 4.68 Å². The fourth-order valence-corrected chi connectivity index (χ4v) is 4.87. The molecule has 2 amide bonds. The van der Waals surface area contributed by atoms with Crippen molar-refractivity contribution in [1.29, 1.82) is 0 Å². The fraction of sp³-hybridized carbons (Fsp3) is 0.348. The highest BCUT2D eigenvalue weighted by atomic mass is 32.2. The number of benzene rings is 1. The van der Waals surface area contributed by atoms with Gasteiger partial charge in [0.2, 0.25) is 11.8 Å². The molecule has 2 N–H and O–H groups in total. The van der Waals surface area contributed by atoms with Gasteiger partial charge in [-0.15, -0.1) is 23.1 Å². The molecule has 170 valence electrons. The zero-order valence-electron chi connectivity index (χ0n) is 18.6. The van der Waals surface area contributed by atoms with Gasteiger partial charge < -0.3 is 10.6 Å². The second-order valence-electron chi connectivity index (χ2n) is 7.42. The highest BCUT2D eigenvalue weighted by molar-refractivity contribution is 8.01. The summed E-state index contributed by atoms with van der Waals surface area (Å²) in [4.78, 5) is 39.2. The lowest BCUT2D eigenvalue weighted by molar-refractivity contribution is -0.119. The average molecular weight is 473 g/mol. The Balaban J connectivity index is 1.61. The number of thioether (sulfide) groups is 1. The van der Waals surface area contributed by atoms with Crippen molar-refractivity contribution in [2.24, 2.45) is 7.05 Å². The maximum Gasteiger partial charge on any atom is 0.295 e. The van der Waals surface area contributed by atoms with Crippen LogP contribution in [0.15, 0.2) is 52.6 Å². The van der Waals surface area contributed by atoms with Crippen LogP contribution < -0.4 is 16.2 Å². The Hall–Kier alpha value is -2.78. The van der Waals surface area contributed by atoms with Crippen LogP contribution in [-0.2, 0) is 16.6 Å². The van der Waals surface area contributed by atoms with E-state index < -0.39 is 5.25 Å². The van der Waals surface area contributed by atoms with E-state index in [0.29, 0.717) is 5.69 Å². The van der Waals surface area contributed by atoms with E-state index >= 15 is 0 Å². The van der Waals surface area contributed by atoms with Crippen LogP contribution in [0.25, 0.3) is 5.69 Å². The van der Waals surface area contributed by atoms with Crippen LogP contribution in [0.5, 0.6) is 0 Å². The van der Waals surface area contributed by atoms with Crippen molar-refractivity contribution in [3.05, 3.63) is 68.8 Å². The van der Waals surface area contributed by atoms with Crippen molar-refractivity contribution >= 4 is 40.6 Å². The van der Waals surface area contributed by atoms with Crippen LogP contribution in [0.1, 0.15) is 36.9 Å². The molecule has 0 fully saturated rings. The topological polar surface area (TPSA) is 85.1 Å². The summed E-state index contributed by atoms with van der Waals surface area (Å²) < 4.78 is 3.24. The van der Waals surface area contributed by atoms with Crippen molar-refractivity contribution in [2.75, 3.05) is 11.1 Å². The van der Waals surface area contributed by atoms with Gasteiger partial charge in [-0.2, -0.15) is 0 Å². The first kappa shape index (κ1) is 23.9. The third-order valence-electron chi connectivity index (χ3n) is 5.27. The quantitative estimate of drug-likeness (QED) is 0.495. The van der Waals surface area contributed by atoms with Crippen LogP contribution in [0.4, 0.5) is 5.69 Å². The summed E-state index contributed by atoms with van der Waals surface area (Å²) in [6.07, 6.45) is 0.800. The van der Waals surface area contributed by atoms with Gasteiger partial charge in [0.25, 0.3) is 5.56 Å². The number of carbonyl (C=O) groups is 2. The summed E-state index contributed by atoms with van der Waals surface area (Å²) in [6.45, 7) is 5.55. The van der Waals surface area contributed by atoms with Crippen molar-refractivity contribution in [1.82, 2.24) is 14.7 Å². The molecule has 2 aromatic heterocycles. The van der Waals surface area contributed by atoms with E-state index in [1.807, 2.05) is 54.8 Å². The summed E-state index contributed by atoms with van der Waals surface area (Å²) >= 11 is 2.86. The first-order chi connectivity index (χ1) is 15.3. The Kier molecular flexibility index (Phi) is 7.98. The molecule has 0 aliphatic carbocycles. The second kappa shape index (κ2) is 10.7. The SMILES string of the molecule is CCC(NC(=O)CSC(C)C(=O)Nc1c(C)n(C)n(-c2ccccc2)c1=O)c1cccs1. The summed E-state index contributed by atoms with van der Waals surface area (Å²) in [6, 6.07) is 13.2. The molecule has 7 nitrogen and oxygen atoms in total. The maximum absolute atomic E-state index is 13.0. The number of para-hydroxylation sites is 1. The van der Waals surface area contributed by atoms with E-state index in [4.69, 9.17) is 0 Å². The zero-order chi connectivity index (χ0) is 23.3. The smallest absolute Gasteiger partial charge is 0.295 e. The molecule has 0 saturated heterocycles. The molecule has 0 radical (unpaired) electrons. The minimum atomic E-state index is -0.494. The number of thiophene rings is 1. The predicted octanol–water partition coefficient (Wildman–Crippen LogP) is 3.87. The Morgan fingerprint density at radius 2 is 1.88 bits per heavy atom. The minimum absolute atomic E-state index is 0.0179. The number of rotatable bonds is 9. The number of nitrogens with one attached hydrogen (secondary N) is 2. The molecule has 9 heteroatoms. The van der Waals surface area contributed by atoms with Crippen LogP contribution >= 0.6 is 23.1 Å². The van der Waals surface area contributed by atoms with Gasteiger partial charge >= 0.3 is 0 Å². The summed E-state index contributed by atoms with van der Waals surface area (Å²) in [7, 11) is 1.78. The molecule has 2 unspecified atom stereocenters. The van der Waals surface area contributed by atoms with E-state index in [9.17, 15) is 14.4 Å². The van der Waals surface area contributed by atoms with Crippen molar-refractivity contribution < 1.29 is 9.59 Å². The monoisotopic (exact) mass is 472 g/mol. The normalized spacial score (nSPS) is 12.9. The predicted molar refractivity (Wildman–Crippen MR) is 132 cm³/mol. The molecular weight excluding hydrogens is 444 g/mol. The first-order valence-corrected chi connectivity index (χ1v) is 12.4. The van der Waals surface area contributed by atoms with E-state index in [1.54, 1.807) is 36.9 Å². The summed E-state index contributed by atoms with van der Waals surface area (Å²) in [5.41, 5.74) is 1.34. The van der Waals surface area contributed by atoms with Gasteiger partial charge in [-0.05, 0) is 43.8 Å². The van der Waals surface area contributed by atoms with Gasteiger partial charge in [0.05, 0.1) is 28.4 Å². The number of nitrogens with zero attached hydrogens (tertiary/aromatic N) is 2. The largest absolute Gasteiger partial charge is 0.348 e. The standard InChI is InChI=1S/C23H28N4O3S2/c1-5-18(19-12-9-13-31-19)24-20(28)14-32-16(3)22(29)25-21-15(2)26(4)27(23(21)30)17-10-7-6-8-11-17/h6-13,16,18H,5,14H2,1-4H3,(H,24,28)(H,25,29). The van der Waals surface area contributed by atoms with Gasteiger partial charge in [0.1, 0.15) is 5.69 Å². The van der Waals surface area contributed by atoms with Gasteiger partial charge in [0.15, 0.2) is 0 Å². The molecule has 0 aliphatic heterocycles. The first-order valence-electron chi connectivity index (χ1n) is 10.4. The lowest BCUT2D eigenvalue weighted by Crippen LogP contribution is -2.31. The van der Waals surface area contributed by atoms with Crippen LogP contribution in [0.3, 0.4) is 0 Å². The summed E-state index contributed by atoms with van der Waals surface area (Å²) in [5.74, 6) is -0.255. The molecule has 0 aliphatic rings. The third-order valence-corrected chi connectivity index (χ3v) is 7.40. The molecular formula is C23H28N4O3S2. The molecule has 0 spiro atoms. The Bertz CT molecular complexity index is 1120. The van der Waals surface area contributed by atoms with E-state index in [-0.39, 0.29) is 34.9 Å². The maximum atomic E-state index is 13.0. The van der Waals surface area contributed by atoms with Crippen molar-refractivity contribution in [3.63, 3.8) is 0 Å². The average Bonchev–Trinajstić information content (AvgIpc) is 3.40. The molecule has 32 heavy (non-hydrogen) atoms. The van der Waals surface area contributed by atoms with Crippen LogP contribution in [0, 0.1) is 6.92 Å². The third kappa shape index (κ3) is 5.34. The Labute approximate surface area is 195 Å². The molecule has 2 heterocycles. The zero-order valence-corrected chi connectivity index (χ0v) is 20.3. The Morgan fingerprint density at radius 1 is 1.16 bits per heavy atom. The number of hydrogen-bond acceptors (Lipinski definition) is 5. The van der Waals surface area contributed by atoms with E-state index in [2.05, 4.69) is 10.6 Å². The van der Waals surface area contributed by atoms with Gasteiger partial charge in [0, 0.05) is 11.9 Å². The molecule has 3 rings (SSSR count). The highest BCUT2D eigenvalue weighted by Gasteiger charge is 2.22. The molecule has 1 aromatic carbocycles. The van der Waals surface area contributed by atoms with Crippen LogP contribution in [0.2, 0.25) is 0 Å². The molecule has 2 atom stereocenters. The Morgan fingerprint density at radius 3 is 2.50 bits per heavy atom. The highest BCUT2D eigenvalue weighted by Crippen LogP contribution is 2.22. The van der Waals surface area contributed by atoms with Crippen LogP contribution in [-0.4, -0.2) is 32.2 Å². The molecule has 0 bridgehead atoms. The van der Waals surface area contributed by atoms with Crippen molar-refractivity contribution in [3.8, 4) is 5.69 Å². The van der Waals surface area contributed by atoms with Gasteiger partial charge in [-0.1, -0.05) is 31.2 Å². The lowest BCUT2D eigenvalue weighted by Gasteiger charge is -2.16. The lowest BCUT2D eigenvalue weighted by atomic mass is 10.2. The number of amides is 2. The van der Waals surface area contributed by atoms with Crippen molar-refractivity contribution in [2.45, 2.75) is 38.5 Å². The summed E-state index contributed by atoms with van der Waals surface area (Å²) in [5, 5.41) is 7.28. The molecule has 3 aromatic rings. The number of aromatic nitrogens is 2. The number of hydrogen-bond donors (Lipinski definition) is 2. The van der Waals surface area contributed by atoms with E-state index in [0.717, 1.165) is 17.0 Å². The number of anilines is 1.